The molecule has 2 heterocycles. The molecule has 0 aliphatic heterocycles. The molecule has 2 aromatic heterocycles. The third-order valence-corrected chi connectivity index (χ3v) is 6.06. The molecule has 0 saturated heterocycles. The van der Waals surface area contributed by atoms with Crippen LogP contribution in [0.1, 0.15) is 64.5 Å². The maximum absolute atomic E-state index is 13.8. The lowest BCUT2D eigenvalue weighted by Crippen LogP contribution is -2.46. The number of rotatable bonds is 6. The quantitative estimate of drug-likeness (QED) is 0.593. The smallest absolute Gasteiger partial charge is 0.294 e. The van der Waals surface area contributed by atoms with E-state index in [4.69, 9.17) is 4.42 Å². The van der Waals surface area contributed by atoms with E-state index in [0.29, 0.717) is 5.56 Å². The highest BCUT2D eigenvalue weighted by atomic mass is 16.3. The van der Waals surface area contributed by atoms with Crippen LogP contribution in [0.5, 0.6) is 0 Å². The number of benzene rings is 1. The number of hydrogen-bond donors (Lipinski definition) is 1. The summed E-state index contributed by atoms with van der Waals surface area (Å²) in [5.41, 5.74) is 4.38. The van der Waals surface area contributed by atoms with Crippen LogP contribution in [0.4, 0.5) is 5.69 Å². The van der Waals surface area contributed by atoms with Gasteiger partial charge in [0.1, 0.15) is 6.04 Å². The molecule has 1 atom stereocenters. The van der Waals surface area contributed by atoms with Gasteiger partial charge >= 0.3 is 0 Å². The largest absolute Gasteiger partial charge is 0.459 e. The molecule has 1 fully saturated rings. The zero-order chi connectivity index (χ0) is 22.7. The number of aryl methyl sites for hydroxylation is 3. The molecule has 1 N–H and O–H groups in total. The van der Waals surface area contributed by atoms with E-state index in [1.54, 1.807) is 41.6 Å². The fourth-order valence-corrected chi connectivity index (χ4v) is 4.73. The molecule has 3 aromatic rings. The summed E-state index contributed by atoms with van der Waals surface area (Å²) in [6.45, 7) is 5.96. The van der Waals surface area contributed by atoms with Gasteiger partial charge in [-0.05, 0) is 74.6 Å². The third kappa shape index (κ3) is 4.44. The first-order chi connectivity index (χ1) is 15.5. The van der Waals surface area contributed by atoms with E-state index >= 15 is 0 Å². The molecule has 2 amide bonds. The fraction of sp³-hybridized carbons (Fsp3) is 0.346. The van der Waals surface area contributed by atoms with Crippen LogP contribution in [-0.2, 0) is 4.79 Å². The molecule has 166 valence electrons. The van der Waals surface area contributed by atoms with Crippen molar-refractivity contribution in [2.75, 3.05) is 4.90 Å². The van der Waals surface area contributed by atoms with Crippen molar-refractivity contribution in [1.82, 2.24) is 10.3 Å². The van der Waals surface area contributed by atoms with Gasteiger partial charge in [-0.15, -0.1) is 0 Å². The van der Waals surface area contributed by atoms with Crippen molar-refractivity contribution < 1.29 is 14.0 Å². The Labute approximate surface area is 188 Å². The fourth-order valence-electron chi connectivity index (χ4n) is 4.73. The Kier molecular flexibility index (Phi) is 6.40. The van der Waals surface area contributed by atoms with Crippen LogP contribution in [0.15, 0.2) is 59.5 Å². The predicted molar refractivity (Wildman–Crippen MR) is 124 cm³/mol. The first-order valence-electron chi connectivity index (χ1n) is 11.1. The zero-order valence-corrected chi connectivity index (χ0v) is 18.8. The number of aromatic nitrogens is 1. The highest BCUT2D eigenvalue weighted by Gasteiger charge is 2.37. The van der Waals surface area contributed by atoms with Gasteiger partial charge in [-0.3, -0.25) is 19.5 Å². The van der Waals surface area contributed by atoms with E-state index in [1.165, 1.54) is 6.26 Å². The number of pyridine rings is 1. The zero-order valence-electron chi connectivity index (χ0n) is 18.8. The SMILES string of the molecule is Cc1cc(C)c(N(C(=O)c2ccco2)[C@H](C(=O)NC2CCCC2)c2ccncc2)c(C)c1. The second-order valence-corrected chi connectivity index (χ2v) is 8.57. The van der Waals surface area contributed by atoms with Crippen LogP contribution in [-0.4, -0.2) is 22.8 Å². The van der Waals surface area contributed by atoms with Crippen LogP contribution >= 0.6 is 0 Å². The van der Waals surface area contributed by atoms with Gasteiger partial charge in [0.05, 0.1) is 12.0 Å². The number of hydrogen-bond acceptors (Lipinski definition) is 4. The minimum absolute atomic E-state index is 0.132. The van der Waals surface area contributed by atoms with Gasteiger partial charge in [0, 0.05) is 18.4 Å². The minimum Gasteiger partial charge on any atom is -0.459 e. The molecule has 6 nitrogen and oxygen atoms in total. The lowest BCUT2D eigenvalue weighted by atomic mass is 9.98. The maximum atomic E-state index is 13.8. The third-order valence-electron chi connectivity index (χ3n) is 6.06. The molecule has 1 aromatic carbocycles. The average molecular weight is 432 g/mol. The van der Waals surface area contributed by atoms with E-state index in [2.05, 4.69) is 10.3 Å². The van der Waals surface area contributed by atoms with E-state index in [9.17, 15) is 9.59 Å². The van der Waals surface area contributed by atoms with E-state index in [1.807, 2.05) is 32.9 Å². The van der Waals surface area contributed by atoms with Gasteiger partial charge in [-0.25, -0.2) is 0 Å². The molecule has 0 unspecified atom stereocenters. The summed E-state index contributed by atoms with van der Waals surface area (Å²) in [5.74, 6) is -0.354. The van der Waals surface area contributed by atoms with Crippen molar-refractivity contribution in [3.63, 3.8) is 0 Å². The number of nitrogens with zero attached hydrogens (tertiary/aromatic N) is 2. The average Bonchev–Trinajstić information content (AvgIpc) is 3.47. The summed E-state index contributed by atoms with van der Waals surface area (Å²) in [6, 6.07) is 10.2. The van der Waals surface area contributed by atoms with Crippen molar-refractivity contribution in [3.8, 4) is 0 Å². The van der Waals surface area contributed by atoms with Gasteiger partial charge in [0.15, 0.2) is 5.76 Å². The molecule has 1 aliphatic rings. The lowest BCUT2D eigenvalue weighted by Gasteiger charge is -2.34. The summed E-state index contributed by atoms with van der Waals surface area (Å²) in [7, 11) is 0. The van der Waals surface area contributed by atoms with Gasteiger partial charge in [0.25, 0.3) is 5.91 Å². The Morgan fingerprint density at radius 2 is 1.72 bits per heavy atom. The van der Waals surface area contributed by atoms with Gasteiger partial charge in [-0.2, -0.15) is 0 Å². The second kappa shape index (κ2) is 9.39. The molecule has 4 rings (SSSR count). The number of nitrogens with one attached hydrogen (secondary N) is 1. The highest BCUT2D eigenvalue weighted by Crippen LogP contribution is 2.35. The lowest BCUT2D eigenvalue weighted by molar-refractivity contribution is -0.123. The Balaban J connectivity index is 1.86. The van der Waals surface area contributed by atoms with Crippen molar-refractivity contribution in [2.45, 2.75) is 58.5 Å². The van der Waals surface area contributed by atoms with Crippen molar-refractivity contribution in [2.24, 2.45) is 0 Å². The maximum Gasteiger partial charge on any atom is 0.294 e. The van der Waals surface area contributed by atoms with E-state index in [-0.39, 0.29) is 23.6 Å². The predicted octanol–water partition coefficient (Wildman–Crippen LogP) is 5.05. The summed E-state index contributed by atoms with van der Waals surface area (Å²) in [6.07, 6.45) is 8.91. The summed E-state index contributed by atoms with van der Waals surface area (Å²) < 4.78 is 5.47. The highest BCUT2D eigenvalue weighted by molar-refractivity contribution is 6.09. The summed E-state index contributed by atoms with van der Waals surface area (Å²) >= 11 is 0. The topological polar surface area (TPSA) is 75.4 Å². The molecular formula is C26H29N3O3. The molecule has 1 saturated carbocycles. The van der Waals surface area contributed by atoms with Gasteiger partial charge in [0.2, 0.25) is 5.91 Å². The van der Waals surface area contributed by atoms with Crippen LogP contribution < -0.4 is 10.2 Å². The Bertz CT molecular complexity index is 1060. The first kappa shape index (κ1) is 21.8. The Morgan fingerprint density at radius 1 is 1.06 bits per heavy atom. The monoisotopic (exact) mass is 431 g/mol. The molecule has 0 bridgehead atoms. The van der Waals surface area contributed by atoms with Crippen LogP contribution in [0, 0.1) is 20.8 Å². The summed E-state index contributed by atoms with van der Waals surface area (Å²) in [4.78, 5) is 33.2. The van der Waals surface area contributed by atoms with Crippen LogP contribution in [0.25, 0.3) is 0 Å². The molecular weight excluding hydrogens is 402 g/mol. The molecule has 0 spiro atoms. The normalized spacial score (nSPS) is 14.8. The van der Waals surface area contributed by atoms with Gasteiger partial charge in [-0.1, -0.05) is 30.5 Å². The second-order valence-electron chi connectivity index (χ2n) is 8.57. The first-order valence-corrected chi connectivity index (χ1v) is 11.1. The van der Waals surface area contributed by atoms with Crippen LogP contribution in [0.3, 0.4) is 0 Å². The molecule has 6 heteroatoms. The van der Waals surface area contributed by atoms with Crippen molar-refractivity contribution >= 4 is 17.5 Å². The standard InChI is InChI=1S/C26H29N3O3/c1-17-15-18(2)23(19(3)16-17)29(26(31)22-9-6-14-32-22)24(20-10-12-27-13-11-20)25(30)28-21-7-4-5-8-21/h6,9-16,21,24H,4-5,7-8H2,1-3H3,(H,28,30)/t24-/m0/s1. The van der Waals surface area contributed by atoms with Gasteiger partial charge < -0.3 is 9.73 Å². The minimum atomic E-state index is -0.851. The van der Waals surface area contributed by atoms with E-state index < -0.39 is 6.04 Å². The number of amides is 2. The number of carbonyl (C=O) groups is 2. The molecule has 32 heavy (non-hydrogen) atoms. The number of furan rings is 1. The number of carbonyl (C=O) groups excluding carboxylic acids is 2. The Morgan fingerprint density at radius 3 is 2.31 bits per heavy atom. The van der Waals surface area contributed by atoms with E-state index in [0.717, 1.165) is 48.1 Å². The van der Waals surface area contributed by atoms with Crippen LogP contribution in [0.2, 0.25) is 0 Å². The number of anilines is 1. The van der Waals surface area contributed by atoms with Crippen molar-refractivity contribution in [1.29, 1.82) is 0 Å². The van der Waals surface area contributed by atoms with Crippen molar-refractivity contribution in [3.05, 3.63) is 83.1 Å². The molecule has 1 aliphatic carbocycles. The summed E-state index contributed by atoms with van der Waals surface area (Å²) in [5, 5.41) is 3.19. The molecule has 0 radical (unpaired) electrons. The Hall–Kier alpha value is -3.41.